The first-order chi connectivity index (χ1) is 15.6. The van der Waals surface area contributed by atoms with Crippen LogP contribution in [0.3, 0.4) is 0 Å². The summed E-state index contributed by atoms with van der Waals surface area (Å²) in [6, 6.07) is 3.69. The number of aromatic nitrogens is 3. The van der Waals surface area contributed by atoms with E-state index in [0.717, 1.165) is 44.4 Å². The van der Waals surface area contributed by atoms with Crippen molar-refractivity contribution in [2.45, 2.75) is 25.9 Å². The summed E-state index contributed by atoms with van der Waals surface area (Å²) >= 11 is 0. The predicted octanol–water partition coefficient (Wildman–Crippen LogP) is 1.83. The van der Waals surface area contributed by atoms with E-state index >= 15 is 0 Å². The number of rotatable bonds is 11. The lowest BCUT2D eigenvalue weighted by atomic mass is 10.1. The highest BCUT2D eigenvalue weighted by molar-refractivity contribution is 5.58. The Kier molecular flexibility index (Phi) is 7.56. The molecule has 0 aliphatic carbocycles. The largest absolute Gasteiger partial charge is 0.485 e. The molecule has 4 rings (SSSR count). The van der Waals surface area contributed by atoms with Gasteiger partial charge in [-0.25, -0.2) is 9.97 Å². The first kappa shape index (κ1) is 22.5. The van der Waals surface area contributed by atoms with E-state index in [-0.39, 0.29) is 6.61 Å². The number of hydrogen-bond donors (Lipinski definition) is 3. The van der Waals surface area contributed by atoms with Crippen LogP contribution in [0.25, 0.3) is 0 Å². The molecule has 1 atom stereocenters. The van der Waals surface area contributed by atoms with Gasteiger partial charge < -0.3 is 34.9 Å². The Morgan fingerprint density at radius 2 is 2.06 bits per heavy atom. The minimum Gasteiger partial charge on any atom is -0.485 e. The van der Waals surface area contributed by atoms with E-state index < -0.39 is 6.10 Å². The molecule has 2 aromatic rings. The van der Waals surface area contributed by atoms with Crippen LogP contribution in [0.2, 0.25) is 0 Å². The number of β-amino-alcohol motifs (C(OH)–C–C–N with tert-alkyl or cyclic N) is 1. The summed E-state index contributed by atoms with van der Waals surface area (Å²) in [5.41, 5.74) is 1.51. The first-order valence-electron chi connectivity index (χ1n) is 11.1. The van der Waals surface area contributed by atoms with Crippen molar-refractivity contribution in [3.63, 3.8) is 0 Å². The zero-order valence-electron chi connectivity index (χ0n) is 18.7. The van der Waals surface area contributed by atoms with Crippen LogP contribution < -0.4 is 20.1 Å². The lowest BCUT2D eigenvalue weighted by Gasteiger charge is -2.26. The molecule has 0 aromatic carbocycles. The number of pyridine rings is 1. The molecule has 4 heterocycles. The second-order valence-electron chi connectivity index (χ2n) is 8.33. The quantitative estimate of drug-likeness (QED) is 0.474. The number of nitrogens with zero attached hydrogens (tertiary/aromatic N) is 4. The van der Waals surface area contributed by atoms with Crippen molar-refractivity contribution >= 4 is 17.5 Å². The van der Waals surface area contributed by atoms with Gasteiger partial charge in [0.2, 0.25) is 5.95 Å². The Morgan fingerprint density at radius 1 is 1.25 bits per heavy atom. The molecule has 2 aliphatic rings. The summed E-state index contributed by atoms with van der Waals surface area (Å²) in [6.45, 7) is 7.15. The maximum absolute atomic E-state index is 10.3. The highest BCUT2D eigenvalue weighted by Crippen LogP contribution is 2.29. The van der Waals surface area contributed by atoms with Gasteiger partial charge in [0.05, 0.1) is 32.2 Å². The van der Waals surface area contributed by atoms with Crippen molar-refractivity contribution in [2.24, 2.45) is 5.92 Å². The Hall–Kier alpha value is -2.69. The van der Waals surface area contributed by atoms with Crippen molar-refractivity contribution in [3.05, 3.63) is 24.0 Å². The summed E-state index contributed by atoms with van der Waals surface area (Å²) in [5.74, 6) is 2.56. The lowest BCUT2D eigenvalue weighted by molar-refractivity contribution is -0.0248. The molecule has 0 bridgehead atoms. The molecule has 0 spiro atoms. The Balaban J connectivity index is 1.38. The van der Waals surface area contributed by atoms with Crippen LogP contribution in [0.15, 0.2) is 18.3 Å². The van der Waals surface area contributed by atoms with Gasteiger partial charge in [-0.15, -0.1) is 0 Å². The third-order valence-electron chi connectivity index (χ3n) is 5.50. The Bertz CT molecular complexity index is 889. The van der Waals surface area contributed by atoms with Crippen molar-refractivity contribution < 1.29 is 19.3 Å². The third-order valence-corrected chi connectivity index (χ3v) is 5.50. The van der Waals surface area contributed by atoms with Crippen molar-refractivity contribution in [3.8, 4) is 11.6 Å². The standard InChI is InChI=1S/C22H32N6O4/c1-15-7-20(23-9-16-12-31-13-16)27-22(25-15)26-17-8-19(21(30-2)24-10-17)32-14-18(29)11-28-5-3-4-6-28/h7-8,10,16,18,29H,3-6,9,11-14H2,1-2H3,(H2,23,25,26,27)/t18-/m0/s1. The van der Waals surface area contributed by atoms with Crippen LogP contribution in [-0.4, -0.2) is 84.2 Å². The lowest BCUT2D eigenvalue weighted by Crippen LogP contribution is -2.33. The number of hydrogen-bond acceptors (Lipinski definition) is 10. The normalized spacial score (nSPS) is 17.6. The SMILES string of the molecule is COc1ncc(Nc2nc(C)cc(NCC3COC3)n2)cc1OC[C@@H](O)CN1CCCC1. The molecule has 2 saturated heterocycles. The monoisotopic (exact) mass is 444 g/mol. The fourth-order valence-corrected chi connectivity index (χ4v) is 3.75. The highest BCUT2D eigenvalue weighted by atomic mass is 16.5. The topological polar surface area (TPSA) is 114 Å². The van der Waals surface area contributed by atoms with Crippen LogP contribution in [0, 0.1) is 12.8 Å². The van der Waals surface area contributed by atoms with Crippen LogP contribution in [0.5, 0.6) is 11.6 Å². The van der Waals surface area contributed by atoms with Gasteiger partial charge in [-0.3, -0.25) is 0 Å². The number of anilines is 3. The van der Waals surface area contributed by atoms with Crippen molar-refractivity contribution in [1.82, 2.24) is 19.9 Å². The van der Waals surface area contributed by atoms with Crippen LogP contribution >= 0.6 is 0 Å². The molecule has 2 aliphatic heterocycles. The second-order valence-corrected chi connectivity index (χ2v) is 8.33. The van der Waals surface area contributed by atoms with Gasteiger partial charge in [0.1, 0.15) is 18.5 Å². The summed E-state index contributed by atoms with van der Waals surface area (Å²) < 4.78 is 16.4. The van der Waals surface area contributed by atoms with E-state index in [0.29, 0.717) is 35.7 Å². The van der Waals surface area contributed by atoms with Gasteiger partial charge in [0.25, 0.3) is 5.88 Å². The van der Waals surface area contributed by atoms with Gasteiger partial charge in [0, 0.05) is 36.8 Å². The van der Waals surface area contributed by atoms with Crippen LogP contribution in [0.4, 0.5) is 17.5 Å². The van der Waals surface area contributed by atoms with E-state index in [1.807, 2.05) is 13.0 Å². The zero-order chi connectivity index (χ0) is 22.3. The number of nitrogens with one attached hydrogen (secondary N) is 2. The maximum Gasteiger partial charge on any atom is 0.256 e. The number of likely N-dealkylation sites (tertiary alicyclic amines) is 1. The van der Waals surface area contributed by atoms with Gasteiger partial charge in [-0.1, -0.05) is 0 Å². The molecule has 10 heteroatoms. The fourth-order valence-electron chi connectivity index (χ4n) is 3.75. The second kappa shape index (κ2) is 10.8. The van der Waals surface area contributed by atoms with Gasteiger partial charge >= 0.3 is 0 Å². The molecule has 0 unspecified atom stereocenters. The number of methoxy groups -OCH3 is 1. The highest BCUT2D eigenvalue weighted by Gasteiger charge is 2.19. The molecule has 3 N–H and O–H groups in total. The molecule has 2 fully saturated rings. The summed E-state index contributed by atoms with van der Waals surface area (Å²) in [5, 5.41) is 16.9. The molecule has 174 valence electrons. The first-order valence-corrected chi connectivity index (χ1v) is 11.1. The molecule has 0 radical (unpaired) electrons. The summed E-state index contributed by atoms with van der Waals surface area (Å²) in [7, 11) is 1.54. The van der Waals surface area contributed by atoms with Crippen molar-refractivity contribution in [2.75, 3.05) is 63.7 Å². The molecule has 0 saturated carbocycles. The minimum absolute atomic E-state index is 0.165. The fraction of sp³-hybridized carbons (Fsp3) is 0.591. The number of aryl methyl sites for hydroxylation is 1. The molecule has 10 nitrogen and oxygen atoms in total. The van der Waals surface area contributed by atoms with E-state index in [2.05, 4.69) is 30.5 Å². The molecule has 0 amide bonds. The van der Waals surface area contributed by atoms with E-state index in [1.165, 1.54) is 20.0 Å². The molecule has 2 aromatic heterocycles. The average Bonchev–Trinajstić information content (AvgIpc) is 3.24. The van der Waals surface area contributed by atoms with Crippen LogP contribution in [0.1, 0.15) is 18.5 Å². The van der Waals surface area contributed by atoms with Crippen molar-refractivity contribution in [1.29, 1.82) is 0 Å². The number of ether oxygens (including phenoxy) is 3. The van der Waals surface area contributed by atoms with E-state index in [4.69, 9.17) is 14.2 Å². The summed E-state index contributed by atoms with van der Waals surface area (Å²) in [6.07, 6.45) is 3.43. The zero-order valence-corrected chi connectivity index (χ0v) is 18.7. The number of aliphatic hydroxyl groups excluding tert-OH is 1. The van der Waals surface area contributed by atoms with Gasteiger partial charge in [0.15, 0.2) is 5.75 Å². The van der Waals surface area contributed by atoms with Gasteiger partial charge in [-0.05, 0) is 32.9 Å². The molecular weight excluding hydrogens is 412 g/mol. The van der Waals surface area contributed by atoms with E-state index in [9.17, 15) is 5.11 Å². The Morgan fingerprint density at radius 3 is 2.78 bits per heavy atom. The summed E-state index contributed by atoms with van der Waals surface area (Å²) in [4.78, 5) is 15.6. The van der Waals surface area contributed by atoms with Crippen LogP contribution in [-0.2, 0) is 4.74 Å². The average molecular weight is 445 g/mol. The Labute approximate surface area is 188 Å². The molecular formula is C22H32N6O4. The molecule has 32 heavy (non-hydrogen) atoms. The third kappa shape index (κ3) is 6.18. The van der Waals surface area contributed by atoms with E-state index in [1.54, 1.807) is 12.3 Å². The smallest absolute Gasteiger partial charge is 0.256 e. The minimum atomic E-state index is -0.579. The maximum atomic E-state index is 10.3. The number of aliphatic hydroxyl groups is 1. The predicted molar refractivity (Wildman–Crippen MR) is 121 cm³/mol. The van der Waals surface area contributed by atoms with Gasteiger partial charge in [-0.2, -0.15) is 4.98 Å².